The molecule has 0 radical (unpaired) electrons. The molecule has 1 rings (SSSR count). The van der Waals surface area contributed by atoms with Crippen LogP contribution in [0.4, 0.5) is 5.13 Å². The third-order valence-corrected chi connectivity index (χ3v) is 2.16. The summed E-state index contributed by atoms with van der Waals surface area (Å²) in [5.74, 6) is 0. The van der Waals surface area contributed by atoms with Gasteiger partial charge in [-0.25, -0.2) is 4.98 Å². The van der Waals surface area contributed by atoms with Gasteiger partial charge in [-0.05, 0) is 6.42 Å². The maximum absolute atomic E-state index is 5.73. The van der Waals surface area contributed by atoms with Gasteiger partial charge in [0, 0.05) is 31.2 Å². The number of ether oxygens (including phenoxy) is 1. The summed E-state index contributed by atoms with van der Waals surface area (Å²) in [5.41, 5.74) is 5.73. The number of anilines is 1. The summed E-state index contributed by atoms with van der Waals surface area (Å²) in [5, 5.41) is 3.96. The van der Waals surface area contributed by atoms with Crippen molar-refractivity contribution in [1.82, 2.24) is 9.36 Å². The van der Waals surface area contributed by atoms with Gasteiger partial charge in [0.05, 0.1) is 6.61 Å². The SMILES string of the molecule is COCC(N)CCNc1ncns1. The second-order valence-electron chi connectivity index (χ2n) is 2.68. The van der Waals surface area contributed by atoms with Crippen LogP contribution in [0.1, 0.15) is 6.42 Å². The molecular formula is C7H14N4OS. The van der Waals surface area contributed by atoms with Gasteiger partial charge in [-0.1, -0.05) is 0 Å². The van der Waals surface area contributed by atoms with E-state index in [0.717, 1.165) is 18.1 Å². The van der Waals surface area contributed by atoms with Crippen molar-refractivity contribution < 1.29 is 4.74 Å². The number of hydrogen-bond acceptors (Lipinski definition) is 6. The van der Waals surface area contributed by atoms with Crippen LogP contribution in [0.25, 0.3) is 0 Å². The predicted octanol–water partition coefficient (Wildman–Crippen LogP) is 0.314. The van der Waals surface area contributed by atoms with Crippen LogP contribution in [-0.2, 0) is 4.74 Å². The van der Waals surface area contributed by atoms with Crippen LogP contribution in [0.2, 0.25) is 0 Å². The van der Waals surface area contributed by atoms with Crippen LogP contribution < -0.4 is 11.1 Å². The molecule has 0 aliphatic heterocycles. The van der Waals surface area contributed by atoms with E-state index in [1.165, 1.54) is 17.9 Å². The first-order chi connectivity index (χ1) is 6.33. The molecule has 1 aromatic heterocycles. The lowest BCUT2D eigenvalue weighted by Gasteiger charge is -2.09. The van der Waals surface area contributed by atoms with Crippen LogP contribution in [0.5, 0.6) is 0 Å². The summed E-state index contributed by atoms with van der Waals surface area (Å²) < 4.78 is 8.78. The number of methoxy groups -OCH3 is 1. The van der Waals surface area contributed by atoms with Crippen LogP contribution >= 0.6 is 11.5 Å². The zero-order valence-corrected chi connectivity index (χ0v) is 8.38. The van der Waals surface area contributed by atoms with Crippen molar-refractivity contribution in [3.63, 3.8) is 0 Å². The highest BCUT2D eigenvalue weighted by Crippen LogP contribution is 2.06. The Kier molecular flexibility index (Phi) is 4.66. The molecule has 6 heteroatoms. The summed E-state index contributed by atoms with van der Waals surface area (Å²) in [6.45, 7) is 1.40. The molecule has 0 aliphatic carbocycles. The van der Waals surface area contributed by atoms with Crippen molar-refractivity contribution in [3.05, 3.63) is 6.33 Å². The number of hydrogen-bond donors (Lipinski definition) is 2. The Labute approximate surface area is 81.5 Å². The van der Waals surface area contributed by atoms with Gasteiger partial charge in [0.2, 0.25) is 5.13 Å². The molecule has 0 aromatic carbocycles. The summed E-state index contributed by atoms with van der Waals surface area (Å²) in [6, 6.07) is 0.0884. The van der Waals surface area contributed by atoms with Gasteiger partial charge in [0.15, 0.2) is 0 Å². The minimum Gasteiger partial charge on any atom is -0.383 e. The largest absolute Gasteiger partial charge is 0.383 e. The zero-order chi connectivity index (χ0) is 9.52. The first kappa shape index (κ1) is 10.4. The molecule has 1 heterocycles. The van der Waals surface area contributed by atoms with E-state index in [-0.39, 0.29) is 6.04 Å². The summed E-state index contributed by atoms with van der Waals surface area (Å²) >= 11 is 1.34. The average Bonchev–Trinajstić information content (AvgIpc) is 2.57. The van der Waals surface area contributed by atoms with E-state index in [0.29, 0.717) is 6.61 Å². The smallest absolute Gasteiger partial charge is 0.202 e. The number of rotatable bonds is 6. The number of nitrogens with two attached hydrogens (primary N) is 1. The third kappa shape index (κ3) is 4.16. The molecule has 0 fully saturated rings. The highest BCUT2D eigenvalue weighted by atomic mass is 32.1. The highest BCUT2D eigenvalue weighted by Gasteiger charge is 2.01. The monoisotopic (exact) mass is 202 g/mol. The second-order valence-corrected chi connectivity index (χ2v) is 3.46. The lowest BCUT2D eigenvalue weighted by atomic mass is 10.2. The van der Waals surface area contributed by atoms with E-state index in [9.17, 15) is 0 Å². The Hall–Kier alpha value is -0.720. The third-order valence-electron chi connectivity index (χ3n) is 1.53. The van der Waals surface area contributed by atoms with Crippen LogP contribution in [0.15, 0.2) is 6.33 Å². The lowest BCUT2D eigenvalue weighted by molar-refractivity contribution is 0.178. The van der Waals surface area contributed by atoms with Crippen LogP contribution in [0, 0.1) is 0 Å². The predicted molar refractivity (Wildman–Crippen MR) is 52.9 cm³/mol. The Morgan fingerprint density at radius 3 is 3.23 bits per heavy atom. The molecule has 3 N–H and O–H groups in total. The second kappa shape index (κ2) is 5.85. The molecule has 0 saturated carbocycles. The maximum Gasteiger partial charge on any atom is 0.202 e. The molecule has 0 spiro atoms. The van der Waals surface area contributed by atoms with E-state index in [4.69, 9.17) is 10.5 Å². The van der Waals surface area contributed by atoms with Crippen LogP contribution in [-0.4, -0.2) is 35.7 Å². The molecule has 0 bridgehead atoms. The number of nitrogens with one attached hydrogen (secondary N) is 1. The fourth-order valence-electron chi connectivity index (χ4n) is 0.913. The standard InChI is InChI=1S/C7H14N4OS/c1-12-4-6(8)2-3-9-7-10-5-11-13-7/h5-6H,2-4,8H2,1H3,(H,9,10,11). The highest BCUT2D eigenvalue weighted by molar-refractivity contribution is 7.09. The Bertz CT molecular complexity index is 216. The Morgan fingerprint density at radius 2 is 2.62 bits per heavy atom. The van der Waals surface area contributed by atoms with Crippen molar-refractivity contribution in [2.75, 3.05) is 25.6 Å². The topological polar surface area (TPSA) is 73.1 Å². The fraction of sp³-hybridized carbons (Fsp3) is 0.714. The number of nitrogens with zero attached hydrogens (tertiary/aromatic N) is 2. The zero-order valence-electron chi connectivity index (χ0n) is 7.56. The molecule has 1 atom stereocenters. The molecule has 1 aromatic rings. The van der Waals surface area contributed by atoms with Crippen molar-refractivity contribution in [1.29, 1.82) is 0 Å². The van der Waals surface area contributed by atoms with Crippen molar-refractivity contribution in [2.24, 2.45) is 5.73 Å². The first-order valence-corrected chi connectivity index (χ1v) is 4.85. The van der Waals surface area contributed by atoms with Crippen molar-refractivity contribution >= 4 is 16.7 Å². The van der Waals surface area contributed by atoms with Crippen molar-refractivity contribution in [2.45, 2.75) is 12.5 Å². The normalized spacial score (nSPS) is 12.8. The molecule has 0 saturated heterocycles. The summed E-state index contributed by atoms with van der Waals surface area (Å²) in [4.78, 5) is 3.98. The van der Waals surface area contributed by atoms with E-state index in [2.05, 4.69) is 14.7 Å². The minimum absolute atomic E-state index is 0.0884. The molecule has 74 valence electrons. The van der Waals surface area contributed by atoms with Gasteiger partial charge in [-0.2, -0.15) is 4.37 Å². The molecule has 0 amide bonds. The molecule has 1 unspecified atom stereocenters. The summed E-state index contributed by atoms with van der Waals surface area (Å²) in [7, 11) is 1.65. The Morgan fingerprint density at radius 1 is 1.77 bits per heavy atom. The van der Waals surface area contributed by atoms with Gasteiger partial charge in [-0.15, -0.1) is 0 Å². The molecule has 13 heavy (non-hydrogen) atoms. The first-order valence-electron chi connectivity index (χ1n) is 4.08. The van der Waals surface area contributed by atoms with Gasteiger partial charge >= 0.3 is 0 Å². The maximum atomic E-state index is 5.73. The van der Waals surface area contributed by atoms with Gasteiger partial charge in [0.25, 0.3) is 0 Å². The van der Waals surface area contributed by atoms with Crippen LogP contribution in [0.3, 0.4) is 0 Å². The van der Waals surface area contributed by atoms with E-state index in [1.54, 1.807) is 7.11 Å². The fourth-order valence-corrected chi connectivity index (χ4v) is 1.37. The number of aromatic nitrogens is 2. The van der Waals surface area contributed by atoms with Crippen molar-refractivity contribution in [3.8, 4) is 0 Å². The molecule has 0 aliphatic rings. The van der Waals surface area contributed by atoms with Gasteiger partial charge < -0.3 is 15.8 Å². The minimum atomic E-state index is 0.0884. The lowest BCUT2D eigenvalue weighted by Crippen LogP contribution is -2.28. The molecule has 5 nitrogen and oxygen atoms in total. The summed E-state index contributed by atoms with van der Waals surface area (Å²) in [6.07, 6.45) is 2.40. The Balaban J connectivity index is 2.07. The van der Waals surface area contributed by atoms with Gasteiger partial charge in [0.1, 0.15) is 6.33 Å². The van der Waals surface area contributed by atoms with E-state index >= 15 is 0 Å². The van der Waals surface area contributed by atoms with E-state index < -0.39 is 0 Å². The van der Waals surface area contributed by atoms with Gasteiger partial charge in [-0.3, -0.25) is 0 Å². The quantitative estimate of drug-likeness (QED) is 0.694. The molecular weight excluding hydrogens is 188 g/mol. The average molecular weight is 202 g/mol. The van der Waals surface area contributed by atoms with E-state index in [1.807, 2.05) is 0 Å².